The number of thiocarbonyl (C=S) groups is 1. The zero-order valence-corrected chi connectivity index (χ0v) is 7.49. The Morgan fingerprint density at radius 1 is 1.27 bits per heavy atom. The molecule has 1 aliphatic carbocycles. The van der Waals surface area contributed by atoms with Crippen LogP contribution in [-0.2, 0) is 0 Å². The van der Waals surface area contributed by atoms with Gasteiger partial charge in [0.1, 0.15) is 0 Å². The van der Waals surface area contributed by atoms with Crippen molar-refractivity contribution in [2.45, 2.75) is 25.7 Å². The monoisotopic (exact) mass is 170 g/mol. The third kappa shape index (κ3) is 1.11. The standard InChI is InChI=1S/C8H14N2S/c9-7(11)10-5-8(6-10)3-1-2-4-8/h1-6H2,(H2,9,11). The first-order chi connectivity index (χ1) is 5.22. The quantitative estimate of drug-likeness (QED) is 0.552. The first-order valence-corrected chi connectivity index (χ1v) is 4.67. The lowest BCUT2D eigenvalue weighted by Gasteiger charge is -2.48. The van der Waals surface area contributed by atoms with Crippen LogP contribution in [0.3, 0.4) is 0 Å². The zero-order valence-electron chi connectivity index (χ0n) is 6.68. The Labute approximate surface area is 72.7 Å². The first-order valence-electron chi connectivity index (χ1n) is 4.26. The van der Waals surface area contributed by atoms with Crippen molar-refractivity contribution >= 4 is 17.3 Å². The van der Waals surface area contributed by atoms with Gasteiger partial charge in [-0.2, -0.15) is 0 Å². The number of hydrogen-bond donors (Lipinski definition) is 1. The SMILES string of the molecule is NC(=S)N1CC2(CCCC2)C1. The Kier molecular flexibility index (Phi) is 1.56. The van der Waals surface area contributed by atoms with Gasteiger partial charge in [0.25, 0.3) is 0 Å². The van der Waals surface area contributed by atoms with Crippen LogP contribution in [0.15, 0.2) is 0 Å². The molecule has 0 radical (unpaired) electrons. The van der Waals surface area contributed by atoms with Gasteiger partial charge in [-0.15, -0.1) is 0 Å². The molecule has 1 saturated heterocycles. The lowest BCUT2D eigenvalue weighted by molar-refractivity contribution is 0.0675. The van der Waals surface area contributed by atoms with Crippen molar-refractivity contribution in [2.75, 3.05) is 13.1 Å². The van der Waals surface area contributed by atoms with Crippen LogP contribution in [0.2, 0.25) is 0 Å². The van der Waals surface area contributed by atoms with Crippen molar-refractivity contribution in [3.8, 4) is 0 Å². The smallest absolute Gasteiger partial charge is 0.166 e. The summed E-state index contributed by atoms with van der Waals surface area (Å²) in [7, 11) is 0. The molecule has 2 aliphatic rings. The van der Waals surface area contributed by atoms with Crippen LogP contribution in [0.4, 0.5) is 0 Å². The van der Waals surface area contributed by atoms with Gasteiger partial charge in [0, 0.05) is 18.5 Å². The maximum atomic E-state index is 5.51. The Balaban J connectivity index is 1.91. The van der Waals surface area contributed by atoms with Crippen LogP contribution in [-0.4, -0.2) is 23.1 Å². The van der Waals surface area contributed by atoms with E-state index in [9.17, 15) is 0 Å². The lowest BCUT2D eigenvalue weighted by atomic mass is 9.79. The predicted molar refractivity (Wildman–Crippen MR) is 49.3 cm³/mol. The largest absolute Gasteiger partial charge is 0.376 e. The van der Waals surface area contributed by atoms with Crippen molar-refractivity contribution in [3.63, 3.8) is 0 Å². The van der Waals surface area contributed by atoms with Gasteiger partial charge in [0.05, 0.1) is 0 Å². The fraction of sp³-hybridized carbons (Fsp3) is 0.875. The molecule has 0 aromatic carbocycles. The molecular weight excluding hydrogens is 156 g/mol. The summed E-state index contributed by atoms with van der Waals surface area (Å²) < 4.78 is 0. The van der Waals surface area contributed by atoms with E-state index < -0.39 is 0 Å². The molecule has 0 unspecified atom stereocenters. The summed E-state index contributed by atoms with van der Waals surface area (Å²) in [5.41, 5.74) is 6.13. The Bertz CT molecular complexity index is 177. The molecule has 3 heteroatoms. The molecule has 0 amide bonds. The van der Waals surface area contributed by atoms with Gasteiger partial charge in [-0.25, -0.2) is 0 Å². The fourth-order valence-electron chi connectivity index (χ4n) is 2.36. The van der Waals surface area contributed by atoms with E-state index in [4.69, 9.17) is 18.0 Å². The third-order valence-corrected chi connectivity index (χ3v) is 3.29. The average Bonchev–Trinajstić information content (AvgIpc) is 2.29. The van der Waals surface area contributed by atoms with Gasteiger partial charge < -0.3 is 10.6 Å². The number of nitrogens with zero attached hydrogens (tertiary/aromatic N) is 1. The van der Waals surface area contributed by atoms with Crippen molar-refractivity contribution in [1.29, 1.82) is 0 Å². The average molecular weight is 170 g/mol. The summed E-state index contributed by atoms with van der Waals surface area (Å²) in [4.78, 5) is 2.11. The Morgan fingerprint density at radius 3 is 2.27 bits per heavy atom. The minimum Gasteiger partial charge on any atom is -0.376 e. The molecule has 2 fully saturated rings. The highest BCUT2D eigenvalue weighted by molar-refractivity contribution is 7.80. The van der Waals surface area contributed by atoms with Gasteiger partial charge in [0.15, 0.2) is 5.11 Å². The molecule has 0 aromatic rings. The molecule has 11 heavy (non-hydrogen) atoms. The van der Waals surface area contributed by atoms with Crippen LogP contribution < -0.4 is 5.73 Å². The Morgan fingerprint density at radius 2 is 1.82 bits per heavy atom. The maximum Gasteiger partial charge on any atom is 0.166 e. The molecule has 1 heterocycles. The highest BCUT2D eigenvalue weighted by Crippen LogP contribution is 2.45. The van der Waals surface area contributed by atoms with Crippen LogP contribution in [0.25, 0.3) is 0 Å². The second-order valence-corrected chi connectivity index (χ2v) is 4.32. The van der Waals surface area contributed by atoms with E-state index in [1.165, 1.54) is 25.7 Å². The van der Waals surface area contributed by atoms with E-state index in [1.807, 2.05) is 0 Å². The molecule has 1 spiro atoms. The topological polar surface area (TPSA) is 29.3 Å². The van der Waals surface area contributed by atoms with E-state index >= 15 is 0 Å². The Hall–Kier alpha value is -0.310. The van der Waals surface area contributed by atoms with E-state index in [-0.39, 0.29) is 0 Å². The van der Waals surface area contributed by atoms with Gasteiger partial charge in [-0.3, -0.25) is 0 Å². The zero-order chi connectivity index (χ0) is 7.90. The maximum absolute atomic E-state index is 5.51. The molecule has 62 valence electrons. The number of hydrogen-bond acceptors (Lipinski definition) is 1. The van der Waals surface area contributed by atoms with Gasteiger partial charge in [-0.05, 0) is 25.1 Å². The van der Waals surface area contributed by atoms with Crippen LogP contribution in [0.1, 0.15) is 25.7 Å². The summed E-state index contributed by atoms with van der Waals surface area (Å²) in [6.07, 6.45) is 5.61. The summed E-state index contributed by atoms with van der Waals surface area (Å²) in [6.45, 7) is 2.25. The van der Waals surface area contributed by atoms with Gasteiger partial charge >= 0.3 is 0 Å². The molecule has 1 saturated carbocycles. The highest BCUT2D eigenvalue weighted by atomic mass is 32.1. The summed E-state index contributed by atoms with van der Waals surface area (Å²) in [5, 5.41) is 0.586. The van der Waals surface area contributed by atoms with E-state index in [2.05, 4.69) is 4.90 Å². The van der Waals surface area contributed by atoms with Crippen LogP contribution in [0.5, 0.6) is 0 Å². The van der Waals surface area contributed by atoms with Crippen molar-refractivity contribution < 1.29 is 0 Å². The number of rotatable bonds is 0. The molecule has 0 aromatic heterocycles. The van der Waals surface area contributed by atoms with E-state index in [0.717, 1.165) is 13.1 Å². The fourth-order valence-corrected chi connectivity index (χ4v) is 2.49. The number of likely N-dealkylation sites (tertiary alicyclic amines) is 1. The van der Waals surface area contributed by atoms with Gasteiger partial charge in [0.2, 0.25) is 0 Å². The van der Waals surface area contributed by atoms with E-state index in [1.54, 1.807) is 0 Å². The molecule has 1 aliphatic heterocycles. The molecular formula is C8H14N2S. The highest BCUT2D eigenvalue weighted by Gasteiger charge is 2.44. The second-order valence-electron chi connectivity index (χ2n) is 3.90. The van der Waals surface area contributed by atoms with Crippen LogP contribution in [0, 0.1) is 5.41 Å². The molecule has 2 rings (SSSR count). The van der Waals surface area contributed by atoms with Crippen molar-refractivity contribution in [2.24, 2.45) is 11.1 Å². The second kappa shape index (κ2) is 2.34. The number of nitrogens with two attached hydrogens (primary N) is 1. The molecule has 0 bridgehead atoms. The van der Waals surface area contributed by atoms with E-state index in [0.29, 0.717) is 10.5 Å². The predicted octanol–water partition coefficient (Wildman–Crippen LogP) is 1.11. The molecule has 0 atom stereocenters. The lowest BCUT2D eigenvalue weighted by Crippen LogP contribution is -2.58. The molecule has 2 N–H and O–H groups in total. The minimum absolute atomic E-state index is 0.586. The van der Waals surface area contributed by atoms with Crippen LogP contribution >= 0.6 is 12.2 Å². The van der Waals surface area contributed by atoms with Gasteiger partial charge in [-0.1, -0.05) is 12.8 Å². The van der Waals surface area contributed by atoms with Crippen molar-refractivity contribution in [1.82, 2.24) is 4.90 Å². The summed E-state index contributed by atoms with van der Waals surface area (Å²) in [5.74, 6) is 0. The summed E-state index contributed by atoms with van der Waals surface area (Å²) >= 11 is 4.89. The third-order valence-electron chi connectivity index (χ3n) is 3.03. The minimum atomic E-state index is 0.586. The normalized spacial score (nSPS) is 27.1. The first kappa shape index (κ1) is 7.35. The summed E-state index contributed by atoms with van der Waals surface area (Å²) in [6, 6.07) is 0. The molecule has 2 nitrogen and oxygen atoms in total. The van der Waals surface area contributed by atoms with Crippen molar-refractivity contribution in [3.05, 3.63) is 0 Å².